The second kappa shape index (κ2) is 84.4. The van der Waals surface area contributed by atoms with Gasteiger partial charge in [-0.25, -0.2) is 0 Å². The van der Waals surface area contributed by atoms with Crippen LogP contribution in [-0.2, 0) is 33.0 Å². The molecular formula is C110H164O9. The van der Waals surface area contributed by atoms with E-state index in [1.165, 1.54) is 48.7 Å². The van der Waals surface area contributed by atoms with E-state index in [0.717, 1.165) is 94.3 Å². The summed E-state index contributed by atoms with van der Waals surface area (Å²) in [6, 6.07) is 88.8. The number of benzene rings is 14. The van der Waals surface area contributed by atoms with E-state index >= 15 is 0 Å². The Morgan fingerprint density at radius 2 is 0.471 bits per heavy atom. The molecule has 0 heterocycles. The molecule has 0 aliphatic heterocycles. The molecule has 0 atom stereocenters. The summed E-state index contributed by atoms with van der Waals surface area (Å²) in [5.41, 5.74) is 8.37. The molecule has 0 saturated heterocycles. The Bertz CT molecular complexity index is 4490. The average molecular weight is 1630 g/mol. The fraction of sp³-hybridized carbons (Fsp3) is 0.364. The van der Waals surface area contributed by atoms with Crippen molar-refractivity contribution >= 4 is 75.4 Å². The summed E-state index contributed by atoms with van der Waals surface area (Å²) < 4.78 is 20.8. The van der Waals surface area contributed by atoms with Crippen molar-refractivity contribution in [2.24, 2.45) is 0 Å². The van der Waals surface area contributed by atoms with Gasteiger partial charge >= 0.3 is 0 Å². The van der Waals surface area contributed by atoms with Crippen LogP contribution in [0.1, 0.15) is 238 Å². The number of ether oxygens (including phenoxy) is 4. The molecule has 119 heavy (non-hydrogen) atoms. The summed E-state index contributed by atoms with van der Waals surface area (Å²) in [6.07, 6.45) is 0. The van der Waals surface area contributed by atoms with E-state index in [4.69, 9.17) is 39.4 Å². The molecular weight excluding hydrogens is 1470 g/mol. The second-order valence-electron chi connectivity index (χ2n) is 21.5. The molecule has 0 fully saturated rings. The lowest BCUT2D eigenvalue weighted by Crippen LogP contribution is -1.90. The third-order valence-electron chi connectivity index (χ3n) is 15.9. The van der Waals surface area contributed by atoms with Crippen LogP contribution in [0.3, 0.4) is 0 Å². The van der Waals surface area contributed by atoms with Gasteiger partial charge in [0.05, 0.1) is 61.5 Å². The normalized spacial score (nSPS) is 8.67. The van der Waals surface area contributed by atoms with E-state index in [1.807, 2.05) is 396 Å². The highest BCUT2D eigenvalue weighted by molar-refractivity contribution is 5.91. The van der Waals surface area contributed by atoms with Gasteiger partial charge in [-0.1, -0.05) is 412 Å². The number of aliphatic hydroxyl groups excluding tert-OH is 5. The molecule has 658 valence electrons. The number of rotatable bonds is 9. The largest absolute Gasteiger partial charge is 0.497 e. The van der Waals surface area contributed by atoms with Gasteiger partial charge in [-0.15, -0.1) is 0 Å². The van der Waals surface area contributed by atoms with Crippen LogP contribution in [0.15, 0.2) is 267 Å². The summed E-state index contributed by atoms with van der Waals surface area (Å²) in [6.45, 7) is 62.6. The molecule has 0 amide bonds. The molecule has 5 N–H and O–H groups in total. The molecule has 0 aliphatic rings. The van der Waals surface area contributed by atoms with Crippen molar-refractivity contribution in [1.29, 1.82) is 0 Å². The molecule has 0 aliphatic carbocycles. The van der Waals surface area contributed by atoms with Crippen LogP contribution >= 0.6 is 0 Å². The number of aryl methyl sites for hydroxylation is 3. The zero-order valence-corrected chi connectivity index (χ0v) is 80.8. The summed E-state index contributed by atoms with van der Waals surface area (Å²) in [5.74, 6) is 3.61. The lowest BCUT2D eigenvalue weighted by molar-refractivity contribution is 0.282. The molecule has 14 rings (SSSR count). The quantitative estimate of drug-likeness (QED) is 0.0956. The first-order valence-electron chi connectivity index (χ1n) is 44.1. The summed E-state index contributed by atoms with van der Waals surface area (Å²) in [5, 5.41) is 61.9. The maximum atomic E-state index is 9.22. The van der Waals surface area contributed by atoms with Gasteiger partial charge in [-0.3, -0.25) is 0 Å². The molecule has 0 saturated carbocycles. The predicted molar refractivity (Wildman–Crippen MR) is 537 cm³/mol. The van der Waals surface area contributed by atoms with Crippen LogP contribution < -0.4 is 18.9 Å². The zero-order chi connectivity index (χ0) is 92.5. The van der Waals surface area contributed by atoms with Gasteiger partial charge in [0.25, 0.3) is 0 Å². The highest BCUT2D eigenvalue weighted by Gasteiger charge is 2.07. The Morgan fingerprint density at radius 1 is 0.202 bits per heavy atom. The minimum atomic E-state index is 0.0760. The number of hydrogen-bond donors (Lipinski definition) is 5. The van der Waals surface area contributed by atoms with Gasteiger partial charge in [0.15, 0.2) is 0 Å². The maximum Gasteiger partial charge on any atom is 0.122 e. The van der Waals surface area contributed by atoms with E-state index in [9.17, 15) is 5.11 Å². The van der Waals surface area contributed by atoms with Gasteiger partial charge in [0.2, 0.25) is 0 Å². The van der Waals surface area contributed by atoms with E-state index in [-0.39, 0.29) is 33.0 Å². The highest BCUT2D eigenvalue weighted by Crippen LogP contribution is 2.30. The smallest absolute Gasteiger partial charge is 0.122 e. The Morgan fingerprint density at radius 3 is 0.849 bits per heavy atom. The predicted octanol–water partition coefficient (Wildman–Crippen LogP) is 32.7. The first-order valence-corrected chi connectivity index (χ1v) is 44.1. The van der Waals surface area contributed by atoms with Crippen LogP contribution in [-0.4, -0.2) is 54.0 Å². The monoisotopic (exact) mass is 1630 g/mol. The number of hydrogen-bond acceptors (Lipinski definition) is 9. The lowest BCUT2D eigenvalue weighted by Gasteiger charge is -2.09. The minimum absolute atomic E-state index is 0.0760. The zero-order valence-electron chi connectivity index (χ0n) is 80.8. The Labute approximate surface area is 726 Å². The van der Waals surface area contributed by atoms with Gasteiger partial charge < -0.3 is 44.5 Å². The van der Waals surface area contributed by atoms with E-state index in [2.05, 4.69) is 85.8 Å². The fourth-order valence-electron chi connectivity index (χ4n) is 10.8. The fourth-order valence-corrected chi connectivity index (χ4v) is 10.8. The SMILES string of the molecule is CC.CC.CC.CC.CC.CC.CC.CC.CC.CC.CC.CC.CC.CC.COc1ccc2cc(CO)ccc2c1.COc1ccc2ccc(CO)cc2c1C.COc1ccc2ccccc2c1.COc1ccc2ccccc2c1C.Cc1ccc2ccccc2c1CO.OCc1cccc2ccccc12.OCc1cccc2ccccc12. The lowest BCUT2D eigenvalue weighted by atomic mass is 10.0. The summed E-state index contributed by atoms with van der Waals surface area (Å²) >= 11 is 0. The van der Waals surface area contributed by atoms with Gasteiger partial charge in [0, 0.05) is 0 Å². The van der Waals surface area contributed by atoms with Crippen molar-refractivity contribution in [3.8, 4) is 23.0 Å². The number of aliphatic hydroxyl groups is 5. The molecule has 14 aromatic carbocycles. The first-order chi connectivity index (χ1) is 58.5. The maximum absolute atomic E-state index is 9.22. The van der Waals surface area contributed by atoms with Crippen LogP contribution in [0.25, 0.3) is 75.4 Å². The Kier molecular flexibility index (Phi) is 86.6. The molecule has 9 nitrogen and oxygen atoms in total. The van der Waals surface area contributed by atoms with Crippen molar-refractivity contribution in [3.05, 3.63) is 311 Å². The molecule has 9 heteroatoms. The highest BCUT2D eigenvalue weighted by atomic mass is 16.5. The van der Waals surface area contributed by atoms with E-state index < -0.39 is 0 Å². The van der Waals surface area contributed by atoms with Crippen LogP contribution in [0.4, 0.5) is 0 Å². The minimum Gasteiger partial charge on any atom is -0.497 e. The van der Waals surface area contributed by atoms with E-state index in [1.54, 1.807) is 28.4 Å². The third-order valence-corrected chi connectivity index (χ3v) is 15.9. The molecule has 0 unspecified atom stereocenters. The molecule has 0 bridgehead atoms. The number of methoxy groups -OCH3 is 4. The Hall–Kier alpha value is -10.1. The van der Waals surface area contributed by atoms with Gasteiger partial charge in [-0.05, 0) is 189 Å². The number of fused-ring (bicyclic) bond motifs is 7. The molecule has 14 aromatic rings. The second-order valence-corrected chi connectivity index (χ2v) is 21.5. The van der Waals surface area contributed by atoms with Crippen LogP contribution in [0.2, 0.25) is 0 Å². The summed E-state index contributed by atoms with van der Waals surface area (Å²) in [7, 11) is 6.72. The van der Waals surface area contributed by atoms with Crippen LogP contribution in [0.5, 0.6) is 23.0 Å². The van der Waals surface area contributed by atoms with Crippen LogP contribution in [0, 0.1) is 20.8 Å². The van der Waals surface area contributed by atoms with Crippen molar-refractivity contribution in [3.63, 3.8) is 0 Å². The van der Waals surface area contributed by atoms with Gasteiger partial charge in [-0.2, -0.15) is 0 Å². The molecule has 0 spiro atoms. The first kappa shape index (κ1) is 122. The standard InChI is InChI=1S/C13H14O2.C12H12O2.2C12H12O.3C11H10O.14C2H6/c1-9-12-7-10(8-14)3-4-11(12)5-6-13(9)15-2;1-14-12-5-4-10-6-9(8-13)2-3-11(10)7-12;1-9-11-6-4-3-5-10(11)7-8-12(9)13-2;1-9-6-7-10-4-2-3-5-11(10)12(9)8-13;1-12-11-7-6-9-4-2-3-5-10(9)8-11;2*12-8-10-6-3-5-9-4-1-2-7-11(9)10;14*1-2/h3-7,14H,8H2,1-2H3;2-7,13H,8H2,1H3;3-8H,1-2H3;2-7,13H,8H2,1H3;2-8H,1H3;2*1-7,12H,8H2;14*1-2H3. The van der Waals surface area contributed by atoms with Crippen molar-refractivity contribution in [2.75, 3.05) is 28.4 Å². The Balaban J connectivity index is -0.000000234. The third kappa shape index (κ3) is 44.0. The van der Waals surface area contributed by atoms with Gasteiger partial charge in [0.1, 0.15) is 23.0 Å². The summed E-state index contributed by atoms with van der Waals surface area (Å²) in [4.78, 5) is 0. The van der Waals surface area contributed by atoms with Crippen molar-refractivity contribution < 1.29 is 44.5 Å². The van der Waals surface area contributed by atoms with Crippen molar-refractivity contribution in [2.45, 2.75) is 248 Å². The van der Waals surface area contributed by atoms with E-state index in [0.29, 0.717) is 0 Å². The molecule has 0 aromatic heterocycles. The topological polar surface area (TPSA) is 138 Å². The average Bonchev–Trinajstić information content (AvgIpc) is 0.795. The van der Waals surface area contributed by atoms with Crippen molar-refractivity contribution in [1.82, 2.24) is 0 Å². The molecule has 0 radical (unpaired) electrons.